The molecule has 0 spiro atoms. The number of hydrogen-bond acceptors (Lipinski definition) is 14. The Bertz CT molecular complexity index is 2240. The van der Waals surface area contributed by atoms with Crippen molar-refractivity contribution in [2.75, 3.05) is 41.1 Å². The van der Waals surface area contributed by atoms with Gasteiger partial charge in [-0.1, -0.05) is 208 Å². The highest BCUT2D eigenvalue weighted by Crippen LogP contribution is 2.64. The predicted octanol–water partition coefficient (Wildman–Crippen LogP) is 12.8. The van der Waals surface area contributed by atoms with Crippen molar-refractivity contribution in [1.29, 1.82) is 0 Å². The van der Waals surface area contributed by atoms with Crippen molar-refractivity contribution in [3.63, 3.8) is 0 Å². The van der Waals surface area contributed by atoms with Gasteiger partial charge in [0, 0.05) is 5.57 Å². The minimum Gasteiger partial charge on any atom is -0.462 e. The molecule has 14 nitrogen and oxygen atoms in total. The average Bonchev–Trinajstić information content (AvgIpc) is 3.34. The minimum absolute atomic E-state index is 0.160. The van der Waals surface area contributed by atoms with Crippen molar-refractivity contribution in [2.45, 2.75) is 285 Å². The zero-order valence-corrected chi connectivity index (χ0v) is 52.7. The van der Waals surface area contributed by atoms with E-state index in [1.165, 1.54) is 0 Å². The van der Waals surface area contributed by atoms with Crippen LogP contribution in [0.1, 0.15) is 273 Å². The summed E-state index contributed by atoms with van der Waals surface area (Å²) in [5, 5.41) is 0. The van der Waals surface area contributed by atoms with Gasteiger partial charge in [-0.3, -0.25) is 0 Å². The number of hydrogen-bond donors (Lipinski definition) is 0. The molecule has 0 radical (unpaired) electrons. The molecule has 1 atom stereocenters. The van der Waals surface area contributed by atoms with Gasteiger partial charge in [-0.05, 0) is 71.1 Å². The molecule has 1 aliphatic rings. The molecule has 1 fully saturated rings. The maximum absolute atomic E-state index is 16.5. The van der Waals surface area contributed by atoms with Crippen molar-refractivity contribution >= 4 is 65.0 Å². The second-order valence-corrected chi connectivity index (χ2v) is 36.3. The minimum atomic E-state index is -5.90. The van der Waals surface area contributed by atoms with Crippen LogP contribution in [0.4, 0.5) is 0 Å². The van der Waals surface area contributed by atoms with Crippen LogP contribution in [0, 0.1) is 0 Å². The number of esters is 1. The zero-order valence-electron chi connectivity index (χ0n) is 47.8. The third-order valence-corrected chi connectivity index (χ3v) is 35.1. The highest BCUT2D eigenvalue weighted by atomic mass is 32.3. The topological polar surface area (TPSA) is 231 Å². The lowest BCUT2D eigenvalue weighted by Gasteiger charge is -2.58. The van der Waals surface area contributed by atoms with Gasteiger partial charge in [0.25, 0.3) is 0 Å². The third kappa shape index (κ3) is 19.3. The third-order valence-electron chi connectivity index (χ3n) is 15.4. The van der Waals surface area contributed by atoms with Gasteiger partial charge in [-0.2, -0.15) is 0 Å². The van der Waals surface area contributed by atoms with Crippen molar-refractivity contribution in [1.82, 2.24) is 0 Å². The first-order chi connectivity index (χ1) is 35.3. The molecule has 1 rings (SSSR count). The summed E-state index contributed by atoms with van der Waals surface area (Å²) in [5.74, 6) is -6.54. The van der Waals surface area contributed by atoms with Crippen LogP contribution < -0.4 is 0 Å². The summed E-state index contributed by atoms with van der Waals surface area (Å²) in [6.45, 7) is 15.1. The van der Waals surface area contributed by atoms with E-state index in [-0.39, 0.29) is 83.7 Å². The van der Waals surface area contributed by atoms with E-state index in [1.54, 1.807) is 6.92 Å². The largest absolute Gasteiger partial charge is 0.462 e. The molecule has 0 aromatic rings. The summed E-state index contributed by atoms with van der Waals surface area (Å²) >= 11 is 0. The van der Waals surface area contributed by atoms with Gasteiger partial charge in [-0.25, -0.2) is 55.3 Å². The van der Waals surface area contributed by atoms with Crippen LogP contribution in [0.15, 0.2) is 12.2 Å². The molecular weight excluding hydrogens is 1080 g/mol. The fourth-order valence-electron chi connectivity index (χ4n) is 11.3. The second kappa shape index (κ2) is 35.6. The van der Waals surface area contributed by atoms with Gasteiger partial charge < -0.3 is 4.74 Å². The Morgan fingerprint density at radius 3 is 0.800 bits per heavy atom. The van der Waals surface area contributed by atoms with Crippen LogP contribution in [0.2, 0.25) is 0 Å². The Hall–Kier alpha value is -1.09. The molecule has 0 bridgehead atoms. The molecule has 446 valence electrons. The van der Waals surface area contributed by atoms with E-state index in [1.807, 2.05) is 34.6 Å². The molecule has 0 aromatic heterocycles. The molecule has 1 saturated carbocycles. The summed E-state index contributed by atoms with van der Waals surface area (Å²) in [6.07, 6.45) is 11.7. The van der Waals surface area contributed by atoms with E-state index in [9.17, 15) is 4.79 Å². The Balaban J connectivity index is 4.65. The Labute approximate surface area is 460 Å². The van der Waals surface area contributed by atoms with E-state index in [0.717, 1.165) is 64.2 Å². The first-order valence-corrected chi connectivity index (χ1v) is 39.4. The van der Waals surface area contributed by atoms with E-state index in [2.05, 4.69) is 6.58 Å². The fourth-order valence-corrected chi connectivity index (χ4v) is 35.7. The number of rotatable bonds is 48. The van der Waals surface area contributed by atoms with Crippen molar-refractivity contribution in [3.8, 4) is 0 Å². The van der Waals surface area contributed by atoms with Crippen LogP contribution in [0.3, 0.4) is 0 Å². The van der Waals surface area contributed by atoms with Gasteiger partial charge in [0.15, 0.2) is 59.0 Å². The molecule has 20 heteroatoms. The van der Waals surface area contributed by atoms with Gasteiger partial charge in [0.2, 0.25) is 12.2 Å². The summed E-state index contributed by atoms with van der Waals surface area (Å²) < 4.78 is 188. The second-order valence-electron chi connectivity index (χ2n) is 21.7. The Kier molecular flexibility index (Phi) is 34.1. The van der Waals surface area contributed by atoms with Crippen LogP contribution >= 0.6 is 0 Å². The normalized spacial score (nSPS) is 17.5. The van der Waals surface area contributed by atoms with Gasteiger partial charge in [-0.15, -0.1) is 0 Å². The molecule has 0 aliphatic heterocycles. The number of carbonyl (C=O) groups excluding carboxylic acids is 1. The SMILES string of the molecule is C=C(C)C(=O)OCCCCCCCCCCS(=O)(=O)[C@]1(S(=O)(=O)CCCCCCC)CCCC(S(=O)(=O)CCCCCCC)(S(=O)(=O)CCCCCCC)C1(S(=O)(=O)CCCCCCC)S(=O)(=O)CCCCCCC. The lowest BCUT2D eigenvalue weighted by atomic mass is 9.96. The van der Waals surface area contributed by atoms with Crippen molar-refractivity contribution in [3.05, 3.63) is 12.2 Å². The van der Waals surface area contributed by atoms with E-state index >= 15 is 50.5 Å². The quantitative estimate of drug-likeness (QED) is 0.0313. The maximum atomic E-state index is 16.5. The highest BCUT2D eigenvalue weighted by molar-refractivity contribution is 8.21. The summed E-state index contributed by atoms with van der Waals surface area (Å²) in [4.78, 5) is 11.7. The van der Waals surface area contributed by atoms with Crippen molar-refractivity contribution < 1.29 is 60.0 Å². The van der Waals surface area contributed by atoms with E-state index in [0.29, 0.717) is 76.2 Å². The Morgan fingerprint density at radius 1 is 0.347 bits per heavy atom. The molecule has 0 amide bonds. The van der Waals surface area contributed by atoms with E-state index < -0.39 is 131 Å². The molecule has 0 saturated heterocycles. The highest BCUT2D eigenvalue weighted by Gasteiger charge is 2.91. The molecule has 1 aliphatic carbocycles. The summed E-state index contributed by atoms with van der Waals surface area (Å²) in [5.41, 5.74) is 0.312. The molecule has 0 heterocycles. The first-order valence-electron chi connectivity index (χ1n) is 29.5. The van der Waals surface area contributed by atoms with Gasteiger partial charge in [0.1, 0.15) is 0 Å². The molecular formula is C55H106O14S6. The maximum Gasteiger partial charge on any atom is 0.333 e. The molecule has 0 aromatic carbocycles. The predicted molar refractivity (Wildman–Crippen MR) is 311 cm³/mol. The monoisotopic (exact) mass is 1180 g/mol. The molecule has 0 N–H and O–H groups in total. The zero-order chi connectivity index (χ0) is 56.8. The average molecular weight is 1180 g/mol. The fraction of sp³-hybridized carbons (Fsp3) is 0.945. The number of unbranched alkanes of at least 4 members (excludes halogenated alkanes) is 27. The van der Waals surface area contributed by atoms with Crippen LogP contribution in [0.5, 0.6) is 0 Å². The van der Waals surface area contributed by atoms with Crippen molar-refractivity contribution in [2.24, 2.45) is 0 Å². The molecule has 75 heavy (non-hydrogen) atoms. The van der Waals surface area contributed by atoms with Crippen LogP contribution in [-0.4, -0.2) is 110 Å². The summed E-state index contributed by atoms with van der Waals surface area (Å²) in [7, 11) is -34.1. The number of sulfone groups is 6. The van der Waals surface area contributed by atoms with Crippen LogP contribution in [0.25, 0.3) is 0 Å². The smallest absolute Gasteiger partial charge is 0.333 e. The first kappa shape index (κ1) is 71.9. The van der Waals surface area contributed by atoms with Gasteiger partial charge in [0.05, 0.1) is 41.1 Å². The summed E-state index contributed by atoms with van der Waals surface area (Å²) in [6, 6.07) is 0. The van der Waals surface area contributed by atoms with Crippen LogP contribution in [-0.2, 0) is 68.6 Å². The molecule has 0 unspecified atom stereocenters. The van der Waals surface area contributed by atoms with E-state index in [4.69, 9.17) is 4.74 Å². The van der Waals surface area contributed by atoms with Gasteiger partial charge >= 0.3 is 5.97 Å². The Morgan fingerprint density at radius 2 is 0.560 bits per heavy atom. The lowest BCUT2D eigenvalue weighted by Crippen LogP contribution is -2.85. The lowest BCUT2D eigenvalue weighted by molar-refractivity contribution is -0.139. The number of ether oxygens (including phenoxy) is 1. The standard InChI is InChI=1S/C55H106O14S6/c1-8-13-18-28-35-45-70(57,58)53(71(59,60)46-36-29-19-14-9-2)42-41-43-54(72(61,62)47-37-30-20-15-10-3,73(63,64)48-38-33-26-24-23-25-27-34-44-69-52(56)51(6)7)55(53,74(65,66)49-39-31-21-16-11-4)75(67,68)50-40-32-22-17-12-5/h6,8-50H2,1-5,7H3/t54-/m1/s1. The number of carbonyl (C=O) groups is 1.